The van der Waals surface area contributed by atoms with E-state index in [-0.39, 0.29) is 6.10 Å². The zero-order valence-corrected chi connectivity index (χ0v) is 10.4. The first-order chi connectivity index (χ1) is 7.94. The van der Waals surface area contributed by atoms with Gasteiger partial charge in [0.05, 0.1) is 6.61 Å². The summed E-state index contributed by atoms with van der Waals surface area (Å²) in [6, 6.07) is 0.983. The number of piperidine rings is 1. The van der Waals surface area contributed by atoms with Gasteiger partial charge in [-0.05, 0) is 39.7 Å². The minimum atomic E-state index is -1.78. The van der Waals surface area contributed by atoms with E-state index in [0.717, 1.165) is 25.7 Å². The molecule has 0 amide bonds. The number of aliphatic hydroxyl groups excluding tert-OH is 1. The molecule has 2 aliphatic rings. The molecule has 0 aliphatic carbocycles. The van der Waals surface area contributed by atoms with E-state index in [1.165, 1.54) is 6.92 Å². The molecule has 5 nitrogen and oxygen atoms in total. The predicted octanol–water partition coefficient (Wildman–Crippen LogP) is -0.102. The third-order valence-corrected chi connectivity index (χ3v) is 4.08. The van der Waals surface area contributed by atoms with Crippen molar-refractivity contribution in [2.45, 2.75) is 56.4 Å². The van der Waals surface area contributed by atoms with Crippen LogP contribution < -0.4 is 0 Å². The number of aliphatic hydroxyl groups is 2. The molecule has 2 bridgehead atoms. The van der Waals surface area contributed by atoms with Crippen LogP contribution in [0.25, 0.3) is 0 Å². The number of fused-ring (bicyclic) bond motifs is 2. The number of esters is 1. The number of rotatable bonds is 3. The van der Waals surface area contributed by atoms with Crippen molar-refractivity contribution in [2.24, 2.45) is 0 Å². The van der Waals surface area contributed by atoms with Crippen LogP contribution in [0, 0.1) is 0 Å². The summed E-state index contributed by atoms with van der Waals surface area (Å²) in [5, 5.41) is 18.5. The Kier molecular flexibility index (Phi) is 3.43. The molecule has 0 aromatic rings. The lowest BCUT2D eigenvalue weighted by Crippen LogP contribution is -2.47. The SMILES string of the molecule is CN1C2CCC1CC(OC(=O)C(C)(O)CO)C2. The number of hydrogen-bond acceptors (Lipinski definition) is 5. The van der Waals surface area contributed by atoms with Crippen molar-refractivity contribution in [3.05, 3.63) is 0 Å². The number of hydrogen-bond donors (Lipinski definition) is 2. The van der Waals surface area contributed by atoms with Gasteiger partial charge in [0.15, 0.2) is 5.60 Å². The van der Waals surface area contributed by atoms with Gasteiger partial charge in [-0.1, -0.05) is 0 Å². The van der Waals surface area contributed by atoms with Gasteiger partial charge in [0, 0.05) is 12.1 Å². The van der Waals surface area contributed by atoms with Crippen LogP contribution in [0.15, 0.2) is 0 Å². The molecule has 5 heteroatoms. The minimum Gasteiger partial charge on any atom is -0.460 e. The highest BCUT2D eigenvalue weighted by Gasteiger charge is 2.41. The van der Waals surface area contributed by atoms with Crippen LogP contribution >= 0.6 is 0 Å². The zero-order chi connectivity index (χ0) is 12.6. The number of ether oxygens (including phenoxy) is 1. The van der Waals surface area contributed by atoms with Gasteiger partial charge in [-0.25, -0.2) is 4.79 Å². The molecular weight excluding hydrogens is 222 g/mol. The van der Waals surface area contributed by atoms with E-state index in [2.05, 4.69) is 11.9 Å². The highest BCUT2D eigenvalue weighted by atomic mass is 16.6. The Balaban J connectivity index is 1.92. The second-order valence-corrected chi connectivity index (χ2v) is 5.48. The molecule has 2 saturated heterocycles. The normalized spacial score (nSPS) is 36.6. The molecule has 2 heterocycles. The van der Waals surface area contributed by atoms with E-state index in [1.54, 1.807) is 0 Å². The number of carbonyl (C=O) groups is 1. The van der Waals surface area contributed by atoms with E-state index >= 15 is 0 Å². The smallest absolute Gasteiger partial charge is 0.340 e. The van der Waals surface area contributed by atoms with E-state index in [9.17, 15) is 9.90 Å². The van der Waals surface area contributed by atoms with Gasteiger partial charge in [0.25, 0.3) is 0 Å². The third-order valence-electron chi connectivity index (χ3n) is 4.08. The summed E-state index contributed by atoms with van der Waals surface area (Å²) in [4.78, 5) is 14.0. The Hall–Kier alpha value is -0.650. The maximum atomic E-state index is 11.6. The number of nitrogens with zero attached hydrogens (tertiary/aromatic N) is 1. The predicted molar refractivity (Wildman–Crippen MR) is 61.4 cm³/mol. The summed E-state index contributed by atoms with van der Waals surface area (Å²) in [6.07, 6.45) is 3.87. The molecule has 0 spiro atoms. The summed E-state index contributed by atoms with van der Waals surface area (Å²) in [5.41, 5.74) is -1.78. The fourth-order valence-electron chi connectivity index (χ4n) is 2.80. The molecular formula is C12H21NO4. The summed E-state index contributed by atoms with van der Waals surface area (Å²) in [7, 11) is 2.12. The van der Waals surface area contributed by atoms with E-state index in [0.29, 0.717) is 12.1 Å². The van der Waals surface area contributed by atoms with E-state index in [1.807, 2.05) is 0 Å². The van der Waals surface area contributed by atoms with Crippen molar-refractivity contribution in [2.75, 3.05) is 13.7 Å². The molecule has 2 N–H and O–H groups in total. The largest absolute Gasteiger partial charge is 0.460 e. The van der Waals surface area contributed by atoms with Crippen LogP contribution in [0.4, 0.5) is 0 Å². The van der Waals surface area contributed by atoms with Crippen molar-refractivity contribution in [3.8, 4) is 0 Å². The topological polar surface area (TPSA) is 70.0 Å². The molecule has 0 aromatic carbocycles. The molecule has 0 aromatic heterocycles. The third kappa shape index (κ3) is 2.46. The maximum Gasteiger partial charge on any atom is 0.340 e. The van der Waals surface area contributed by atoms with E-state index < -0.39 is 18.2 Å². The van der Waals surface area contributed by atoms with Gasteiger partial charge in [0.1, 0.15) is 6.10 Å². The van der Waals surface area contributed by atoms with Crippen LogP contribution in [-0.2, 0) is 9.53 Å². The average molecular weight is 243 g/mol. The molecule has 2 fully saturated rings. The molecule has 3 atom stereocenters. The van der Waals surface area contributed by atoms with Crippen LogP contribution in [0.5, 0.6) is 0 Å². The van der Waals surface area contributed by atoms with Gasteiger partial charge in [-0.15, -0.1) is 0 Å². The fourth-order valence-corrected chi connectivity index (χ4v) is 2.80. The highest BCUT2D eigenvalue weighted by Crippen LogP contribution is 2.35. The molecule has 98 valence electrons. The summed E-state index contributed by atoms with van der Waals surface area (Å²) < 4.78 is 5.30. The van der Waals surface area contributed by atoms with Crippen LogP contribution in [0.1, 0.15) is 32.6 Å². The van der Waals surface area contributed by atoms with Crippen LogP contribution in [-0.4, -0.2) is 58.5 Å². The van der Waals surface area contributed by atoms with Crippen molar-refractivity contribution >= 4 is 5.97 Å². The van der Waals surface area contributed by atoms with Crippen molar-refractivity contribution in [1.82, 2.24) is 4.90 Å². The molecule has 17 heavy (non-hydrogen) atoms. The second kappa shape index (κ2) is 4.55. The van der Waals surface area contributed by atoms with Crippen molar-refractivity contribution in [1.29, 1.82) is 0 Å². The zero-order valence-electron chi connectivity index (χ0n) is 10.4. The Labute approximate surface area is 101 Å². The van der Waals surface area contributed by atoms with E-state index in [4.69, 9.17) is 9.84 Å². The maximum absolute atomic E-state index is 11.6. The summed E-state index contributed by atoms with van der Waals surface area (Å²) in [6.45, 7) is 0.671. The quantitative estimate of drug-likeness (QED) is 0.677. The molecule has 3 unspecified atom stereocenters. The first-order valence-corrected chi connectivity index (χ1v) is 6.20. The Morgan fingerprint density at radius 1 is 1.41 bits per heavy atom. The Morgan fingerprint density at radius 3 is 2.41 bits per heavy atom. The highest BCUT2D eigenvalue weighted by molar-refractivity contribution is 5.79. The Bertz CT molecular complexity index is 291. The summed E-state index contributed by atoms with van der Waals surface area (Å²) >= 11 is 0. The lowest BCUT2D eigenvalue weighted by Gasteiger charge is -2.36. The molecule has 2 rings (SSSR count). The van der Waals surface area contributed by atoms with Gasteiger partial charge in [0.2, 0.25) is 0 Å². The van der Waals surface area contributed by atoms with Gasteiger partial charge in [-0.3, -0.25) is 0 Å². The van der Waals surface area contributed by atoms with Gasteiger partial charge < -0.3 is 19.8 Å². The minimum absolute atomic E-state index is 0.116. The molecule has 0 saturated carbocycles. The van der Waals surface area contributed by atoms with Crippen LogP contribution in [0.3, 0.4) is 0 Å². The molecule has 2 aliphatic heterocycles. The fraction of sp³-hybridized carbons (Fsp3) is 0.917. The summed E-state index contributed by atoms with van der Waals surface area (Å²) in [5.74, 6) is -0.714. The van der Waals surface area contributed by atoms with Crippen molar-refractivity contribution < 1.29 is 19.7 Å². The average Bonchev–Trinajstić information content (AvgIpc) is 2.53. The lowest BCUT2D eigenvalue weighted by atomic mass is 10.00. The monoisotopic (exact) mass is 243 g/mol. The van der Waals surface area contributed by atoms with Crippen molar-refractivity contribution in [3.63, 3.8) is 0 Å². The first-order valence-electron chi connectivity index (χ1n) is 6.20. The lowest BCUT2D eigenvalue weighted by molar-refractivity contribution is -0.176. The van der Waals surface area contributed by atoms with Gasteiger partial charge >= 0.3 is 5.97 Å². The van der Waals surface area contributed by atoms with Crippen LogP contribution in [0.2, 0.25) is 0 Å². The molecule has 0 radical (unpaired) electrons. The second-order valence-electron chi connectivity index (χ2n) is 5.48. The Morgan fingerprint density at radius 2 is 1.94 bits per heavy atom. The standard InChI is InChI=1S/C12H21NO4/c1-12(16,7-14)11(15)17-10-5-8-3-4-9(6-10)13(8)2/h8-10,14,16H,3-7H2,1-2H3. The number of carbonyl (C=O) groups excluding carboxylic acids is 1. The van der Waals surface area contributed by atoms with Gasteiger partial charge in [-0.2, -0.15) is 0 Å². The first kappa shape index (κ1) is 12.8.